The lowest BCUT2D eigenvalue weighted by Gasteiger charge is -2.30. The maximum Gasteiger partial charge on any atom is 0.0755 e. The van der Waals surface area contributed by atoms with E-state index in [1.165, 1.54) is 38.5 Å². The molecule has 0 aromatic rings. The molecule has 2 unspecified atom stereocenters. The Morgan fingerprint density at radius 1 is 1.08 bits per heavy atom. The lowest BCUT2D eigenvalue weighted by atomic mass is 9.82. The number of hydrogen-bond donors (Lipinski definition) is 1. The molecule has 12 heavy (non-hydrogen) atoms. The van der Waals surface area contributed by atoms with Crippen molar-refractivity contribution in [2.75, 3.05) is 0 Å². The van der Waals surface area contributed by atoms with Crippen molar-refractivity contribution in [3.8, 4) is 0 Å². The van der Waals surface area contributed by atoms with Crippen molar-refractivity contribution in [3.63, 3.8) is 0 Å². The largest absolute Gasteiger partial charge is 0.377 e. The average molecular weight is 183 g/mol. The van der Waals surface area contributed by atoms with E-state index in [0.29, 0.717) is 0 Å². The lowest BCUT2D eigenvalue weighted by Crippen LogP contribution is -2.39. The molecule has 0 amide bonds. The molecule has 1 aliphatic carbocycles. The van der Waals surface area contributed by atoms with Gasteiger partial charge in [-0.3, -0.25) is 0 Å². The van der Waals surface area contributed by atoms with Crippen LogP contribution in [0.3, 0.4) is 0 Å². The molecule has 1 saturated carbocycles. The van der Waals surface area contributed by atoms with Crippen LogP contribution in [0.1, 0.15) is 44.9 Å². The minimum atomic E-state index is 0.730. The number of hydrogen-bond acceptors (Lipinski definition) is 1. The molecule has 0 spiro atoms. The van der Waals surface area contributed by atoms with Gasteiger partial charge in [-0.2, -0.15) is 0 Å². The first-order valence-electron chi connectivity index (χ1n) is 5.15. The van der Waals surface area contributed by atoms with Gasteiger partial charge in [-0.25, -0.2) is 0 Å². The van der Waals surface area contributed by atoms with E-state index < -0.39 is 0 Å². The highest BCUT2D eigenvalue weighted by molar-refractivity contribution is 7.80. The first kappa shape index (κ1) is 8.49. The Bertz CT molecular complexity index is 179. The van der Waals surface area contributed by atoms with Crippen LogP contribution in [0, 0.1) is 5.92 Å². The second-order valence-electron chi connectivity index (χ2n) is 4.11. The van der Waals surface area contributed by atoms with E-state index in [1.807, 2.05) is 0 Å². The van der Waals surface area contributed by atoms with Gasteiger partial charge in [0.25, 0.3) is 0 Å². The number of nitrogens with one attached hydrogen (secondary N) is 1. The molecule has 0 aromatic carbocycles. The van der Waals surface area contributed by atoms with Crippen molar-refractivity contribution in [1.29, 1.82) is 0 Å². The van der Waals surface area contributed by atoms with Crippen molar-refractivity contribution in [2.24, 2.45) is 5.92 Å². The Labute approximate surface area is 79.9 Å². The van der Waals surface area contributed by atoms with Crippen molar-refractivity contribution in [1.82, 2.24) is 5.32 Å². The molecule has 2 heteroatoms. The van der Waals surface area contributed by atoms with Gasteiger partial charge in [0.2, 0.25) is 0 Å². The Morgan fingerprint density at radius 2 is 1.83 bits per heavy atom. The summed E-state index contributed by atoms with van der Waals surface area (Å²) in [5.74, 6) is 0.930. The Balaban J connectivity index is 2.01. The van der Waals surface area contributed by atoms with E-state index in [-0.39, 0.29) is 0 Å². The molecule has 1 N–H and O–H groups in total. The number of thiocarbonyl (C=S) groups is 1. The van der Waals surface area contributed by atoms with E-state index in [1.54, 1.807) is 0 Å². The first-order chi connectivity index (χ1) is 5.86. The predicted molar refractivity (Wildman–Crippen MR) is 55.3 cm³/mol. The van der Waals surface area contributed by atoms with E-state index >= 15 is 0 Å². The zero-order valence-corrected chi connectivity index (χ0v) is 8.33. The van der Waals surface area contributed by atoms with E-state index in [0.717, 1.165) is 23.4 Å². The Morgan fingerprint density at radius 3 is 2.75 bits per heavy atom. The van der Waals surface area contributed by atoms with Gasteiger partial charge in [-0.05, 0) is 38.0 Å². The summed E-state index contributed by atoms with van der Waals surface area (Å²) in [6.07, 6.45) is 9.46. The van der Waals surface area contributed by atoms with Gasteiger partial charge in [0.05, 0.1) is 4.99 Å². The molecule has 68 valence electrons. The highest BCUT2D eigenvalue weighted by atomic mass is 32.1. The third kappa shape index (κ3) is 1.79. The van der Waals surface area contributed by atoms with Gasteiger partial charge in [-0.1, -0.05) is 25.1 Å². The van der Waals surface area contributed by atoms with Crippen LogP contribution < -0.4 is 5.32 Å². The minimum absolute atomic E-state index is 0.730. The van der Waals surface area contributed by atoms with Crippen molar-refractivity contribution >= 4 is 17.2 Å². The van der Waals surface area contributed by atoms with Gasteiger partial charge in [0, 0.05) is 6.04 Å². The third-order valence-electron chi connectivity index (χ3n) is 3.23. The predicted octanol–water partition coefficient (Wildman–Crippen LogP) is 2.65. The summed E-state index contributed by atoms with van der Waals surface area (Å²) >= 11 is 5.25. The summed E-state index contributed by atoms with van der Waals surface area (Å²) in [4.78, 5) is 1.12. The molecule has 1 aliphatic heterocycles. The highest BCUT2D eigenvalue weighted by Gasteiger charge is 2.27. The molecule has 2 rings (SSSR count). The average Bonchev–Trinajstić information content (AvgIpc) is 2.25. The van der Waals surface area contributed by atoms with Crippen LogP contribution in [0.4, 0.5) is 0 Å². The SMILES string of the molecule is S=C1CCCC2CCCCC2N1. The second kappa shape index (κ2) is 3.73. The second-order valence-corrected chi connectivity index (χ2v) is 4.60. The first-order valence-corrected chi connectivity index (χ1v) is 5.56. The van der Waals surface area contributed by atoms with Crippen molar-refractivity contribution in [3.05, 3.63) is 0 Å². The van der Waals surface area contributed by atoms with Crippen LogP contribution in [-0.4, -0.2) is 11.0 Å². The molecular weight excluding hydrogens is 166 g/mol. The van der Waals surface area contributed by atoms with Gasteiger partial charge >= 0.3 is 0 Å². The topological polar surface area (TPSA) is 12.0 Å². The lowest BCUT2D eigenvalue weighted by molar-refractivity contribution is 0.279. The summed E-state index contributed by atoms with van der Waals surface area (Å²) in [7, 11) is 0. The number of rotatable bonds is 0. The summed E-state index contributed by atoms with van der Waals surface area (Å²) < 4.78 is 0. The normalized spacial score (nSPS) is 36.5. The van der Waals surface area contributed by atoms with Crippen LogP contribution in [-0.2, 0) is 0 Å². The molecule has 0 radical (unpaired) electrons. The fourth-order valence-electron chi connectivity index (χ4n) is 2.55. The van der Waals surface area contributed by atoms with Crippen molar-refractivity contribution in [2.45, 2.75) is 51.0 Å². The smallest absolute Gasteiger partial charge is 0.0755 e. The standard InChI is InChI=1S/C10H17NS/c12-10-7-3-5-8-4-1-2-6-9(8)11-10/h8-9H,1-7H2,(H,11,12). The number of fused-ring (bicyclic) bond motifs is 1. The molecule has 0 bridgehead atoms. The Hall–Kier alpha value is -0.110. The summed E-state index contributed by atoms with van der Waals surface area (Å²) in [6.45, 7) is 0. The maximum atomic E-state index is 5.25. The zero-order chi connectivity index (χ0) is 8.39. The quantitative estimate of drug-likeness (QED) is 0.579. The van der Waals surface area contributed by atoms with Gasteiger partial charge in [-0.15, -0.1) is 0 Å². The molecule has 2 fully saturated rings. The van der Waals surface area contributed by atoms with E-state index in [2.05, 4.69) is 5.32 Å². The monoisotopic (exact) mass is 183 g/mol. The minimum Gasteiger partial charge on any atom is -0.377 e. The molecule has 1 nitrogen and oxygen atoms in total. The zero-order valence-electron chi connectivity index (χ0n) is 7.51. The summed E-state index contributed by atoms with van der Waals surface area (Å²) in [5.41, 5.74) is 0. The molecule has 1 saturated heterocycles. The highest BCUT2D eigenvalue weighted by Crippen LogP contribution is 2.30. The summed E-state index contributed by atoms with van der Waals surface area (Å²) in [6, 6.07) is 0.730. The fourth-order valence-corrected chi connectivity index (χ4v) is 2.84. The van der Waals surface area contributed by atoms with Crippen LogP contribution in [0.25, 0.3) is 0 Å². The molecule has 2 atom stereocenters. The van der Waals surface area contributed by atoms with Crippen molar-refractivity contribution < 1.29 is 0 Å². The van der Waals surface area contributed by atoms with Crippen LogP contribution in [0.15, 0.2) is 0 Å². The molecular formula is C10H17NS. The van der Waals surface area contributed by atoms with E-state index in [4.69, 9.17) is 12.2 Å². The van der Waals surface area contributed by atoms with Crippen LogP contribution in [0.5, 0.6) is 0 Å². The van der Waals surface area contributed by atoms with E-state index in [9.17, 15) is 0 Å². The third-order valence-corrected chi connectivity index (χ3v) is 3.56. The van der Waals surface area contributed by atoms with Crippen LogP contribution in [0.2, 0.25) is 0 Å². The molecule has 1 heterocycles. The molecule has 0 aromatic heterocycles. The Kier molecular flexibility index (Phi) is 2.64. The fraction of sp³-hybridized carbons (Fsp3) is 0.900. The van der Waals surface area contributed by atoms with Gasteiger partial charge in [0.15, 0.2) is 0 Å². The molecule has 2 aliphatic rings. The van der Waals surface area contributed by atoms with Gasteiger partial charge < -0.3 is 5.32 Å². The van der Waals surface area contributed by atoms with Crippen LogP contribution >= 0.6 is 12.2 Å². The maximum absolute atomic E-state index is 5.25. The summed E-state index contributed by atoms with van der Waals surface area (Å²) in [5, 5.41) is 3.51. The van der Waals surface area contributed by atoms with Gasteiger partial charge in [0.1, 0.15) is 0 Å².